The number of hydrogen-bond acceptors (Lipinski definition) is 7. The SMILES string of the molecule is CN(C)CCOc1ncc(-c2ccc3ncc4c(c3c2)C2(CCCC2)C(=O)N4C)cc1NS(=O)(=O)c1ccccc1. The zero-order valence-electron chi connectivity index (χ0n) is 23.4. The molecule has 2 aromatic carbocycles. The number of hydrogen-bond donors (Lipinski definition) is 1. The van der Waals surface area contributed by atoms with Crippen LogP contribution in [0.25, 0.3) is 22.0 Å². The maximum absolute atomic E-state index is 13.5. The van der Waals surface area contributed by atoms with Gasteiger partial charge in [-0.1, -0.05) is 37.1 Å². The van der Waals surface area contributed by atoms with Crippen LogP contribution in [-0.2, 0) is 20.2 Å². The zero-order chi connectivity index (χ0) is 28.8. The molecule has 1 spiro atoms. The van der Waals surface area contributed by atoms with E-state index in [-0.39, 0.29) is 22.4 Å². The van der Waals surface area contributed by atoms with Gasteiger partial charge in [0, 0.05) is 36.3 Å². The van der Waals surface area contributed by atoms with Crippen LogP contribution in [0.2, 0.25) is 0 Å². The van der Waals surface area contributed by atoms with E-state index in [1.165, 1.54) is 0 Å². The van der Waals surface area contributed by atoms with E-state index in [9.17, 15) is 13.2 Å². The van der Waals surface area contributed by atoms with Crippen molar-refractivity contribution in [2.75, 3.05) is 43.9 Å². The Hall–Kier alpha value is -4.02. The molecule has 1 amide bonds. The van der Waals surface area contributed by atoms with Crippen molar-refractivity contribution in [1.29, 1.82) is 0 Å². The summed E-state index contributed by atoms with van der Waals surface area (Å²) in [4.78, 5) is 26.5. The molecule has 1 saturated carbocycles. The van der Waals surface area contributed by atoms with Crippen molar-refractivity contribution in [3.8, 4) is 17.0 Å². The number of rotatable bonds is 8. The van der Waals surface area contributed by atoms with E-state index in [0.717, 1.165) is 53.4 Å². The molecule has 0 unspecified atom stereocenters. The number of amides is 1. The minimum absolute atomic E-state index is 0.142. The van der Waals surface area contributed by atoms with Gasteiger partial charge < -0.3 is 14.5 Å². The molecule has 6 rings (SSSR count). The van der Waals surface area contributed by atoms with E-state index in [0.29, 0.717) is 18.7 Å². The molecule has 9 nitrogen and oxygen atoms in total. The molecule has 2 aromatic heterocycles. The van der Waals surface area contributed by atoms with Gasteiger partial charge in [0.2, 0.25) is 11.8 Å². The number of aromatic nitrogens is 2. The van der Waals surface area contributed by atoms with Crippen LogP contribution in [0.1, 0.15) is 31.2 Å². The average Bonchev–Trinajstić information content (AvgIpc) is 3.54. The highest BCUT2D eigenvalue weighted by molar-refractivity contribution is 7.92. The molecule has 1 fully saturated rings. The van der Waals surface area contributed by atoms with Crippen LogP contribution >= 0.6 is 0 Å². The highest BCUT2D eigenvalue weighted by atomic mass is 32.2. The normalized spacial score (nSPS) is 16.1. The molecular formula is C31H33N5O4S. The molecule has 0 radical (unpaired) electrons. The molecule has 212 valence electrons. The van der Waals surface area contributed by atoms with Crippen molar-refractivity contribution in [2.24, 2.45) is 0 Å². The zero-order valence-corrected chi connectivity index (χ0v) is 24.2. The maximum atomic E-state index is 13.5. The van der Waals surface area contributed by atoms with Gasteiger partial charge in [0.15, 0.2) is 0 Å². The Morgan fingerprint density at radius 1 is 1.00 bits per heavy atom. The van der Waals surface area contributed by atoms with Crippen molar-refractivity contribution in [3.05, 3.63) is 72.6 Å². The summed E-state index contributed by atoms with van der Waals surface area (Å²) in [7, 11) is 1.82. The third-order valence-electron chi connectivity index (χ3n) is 8.12. The molecule has 0 bridgehead atoms. The molecule has 2 aliphatic rings. The van der Waals surface area contributed by atoms with Gasteiger partial charge in [-0.25, -0.2) is 13.4 Å². The van der Waals surface area contributed by atoms with E-state index in [1.807, 2.05) is 44.2 Å². The van der Waals surface area contributed by atoms with Gasteiger partial charge in [0.1, 0.15) is 12.3 Å². The van der Waals surface area contributed by atoms with Gasteiger partial charge in [0.05, 0.1) is 27.7 Å². The van der Waals surface area contributed by atoms with E-state index < -0.39 is 15.4 Å². The highest BCUT2D eigenvalue weighted by Gasteiger charge is 2.52. The van der Waals surface area contributed by atoms with Crippen molar-refractivity contribution in [1.82, 2.24) is 14.9 Å². The Morgan fingerprint density at radius 2 is 1.76 bits per heavy atom. The molecule has 3 heterocycles. The number of sulfonamides is 1. The standard InChI is InChI=1S/C31H33N5O4S/c1-35(2)15-16-40-29-26(34-41(38,39)23-9-5-4-6-10-23)18-22(19-33-29)21-11-12-25-24(17-21)28-27(20-32-25)36(3)30(37)31(28)13-7-8-14-31/h4-6,9-12,17-20,34H,7-8,13-16H2,1-3H3. The number of anilines is 2. The molecule has 1 aliphatic heterocycles. The average molecular weight is 572 g/mol. The first-order valence-corrected chi connectivity index (χ1v) is 15.3. The predicted molar refractivity (Wildman–Crippen MR) is 160 cm³/mol. The minimum atomic E-state index is -3.88. The van der Waals surface area contributed by atoms with E-state index in [2.05, 4.69) is 14.7 Å². The molecule has 0 atom stereocenters. The lowest BCUT2D eigenvalue weighted by molar-refractivity contribution is -0.122. The molecule has 1 N–H and O–H groups in total. The molecule has 4 aromatic rings. The summed E-state index contributed by atoms with van der Waals surface area (Å²) in [5.74, 6) is 0.346. The molecule has 1 aliphatic carbocycles. The van der Waals surface area contributed by atoms with Crippen LogP contribution in [0, 0.1) is 0 Å². The molecule has 0 saturated heterocycles. The Balaban J connectivity index is 1.44. The summed E-state index contributed by atoms with van der Waals surface area (Å²) in [6.45, 7) is 0.989. The molecule has 41 heavy (non-hydrogen) atoms. The number of benzene rings is 2. The van der Waals surface area contributed by atoms with Gasteiger partial charge in [0.25, 0.3) is 10.0 Å². The van der Waals surface area contributed by atoms with E-state index >= 15 is 0 Å². The van der Waals surface area contributed by atoms with Crippen LogP contribution in [0.3, 0.4) is 0 Å². The number of ether oxygens (including phenoxy) is 1. The Labute approximate surface area is 240 Å². The molecular weight excluding hydrogens is 538 g/mol. The number of carbonyl (C=O) groups is 1. The largest absolute Gasteiger partial charge is 0.475 e. The fraction of sp³-hybridized carbons (Fsp3) is 0.323. The monoisotopic (exact) mass is 571 g/mol. The van der Waals surface area contributed by atoms with Gasteiger partial charge >= 0.3 is 0 Å². The number of fused-ring (bicyclic) bond motifs is 4. The van der Waals surface area contributed by atoms with Crippen LogP contribution in [0.4, 0.5) is 11.4 Å². The molecule has 10 heteroatoms. The number of likely N-dealkylation sites (N-methyl/N-ethyl adjacent to an activating group) is 2. The van der Waals surface area contributed by atoms with Crippen molar-refractivity contribution in [3.63, 3.8) is 0 Å². The van der Waals surface area contributed by atoms with Gasteiger partial charge in [-0.15, -0.1) is 0 Å². The lowest BCUT2D eigenvalue weighted by Crippen LogP contribution is -2.36. The summed E-state index contributed by atoms with van der Waals surface area (Å²) in [6, 6.07) is 15.9. The van der Waals surface area contributed by atoms with Crippen LogP contribution < -0.4 is 14.4 Å². The lowest BCUT2D eigenvalue weighted by Gasteiger charge is -2.23. The second-order valence-corrected chi connectivity index (χ2v) is 12.7. The summed E-state index contributed by atoms with van der Waals surface area (Å²) in [5, 5.41) is 0.942. The van der Waals surface area contributed by atoms with Crippen molar-refractivity contribution in [2.45, 2.75) is 36.0 Å². The van der Waals surface area contributed by atoms with Crippen molar-refractivity contribution < 1.29 is 17.9 Å². The third-order valence-corrected chi connectivity index (χ3v) is 9.50. The Bertz CT molecular complexity index is 1730. The van der Waals surface area contributed by atoms with Crippen LogP contribution in [0.5, 0.6) is 5.88 Å². The van der Waals surface area contributed by atoms with Gasteiger partial charge in [-0.2, -0.15) is 0 Å². The predicted octanol–water partition coefficient (Wildman–Crippen LogP) is 4.83. The van der Waals surface area contributed by atoms with Gasteiger partial charge in [-0.05, 0) is 62.8 Å². The number of pyridine rings is 2. The minimum Gasteiger partial charge on any atom is -0.475 e. The first-order valence-electron chi connectivity index (χ1n) is 13.8. The summed E-state index contributed by atoms with van der Waals surface area (Å²) < 4.78 is 35.1. The Kier molecular flexibility index (Phi) is 6.91. The highest BCUT2D eigenvalue weighted by Crippen LogP contribution is 2.53. The van der Waals surface area contributed by atoms with Crippen LogP contribution in [0.15, 0.2) is 71.9 Å². The van der Waals surface area contributed by atoms with Crippen LogP contribution in [-0.4, -0.2) is 63.5 Å². The fourth-order valence-corrected chi connectivity index (χ4v) is 7.09. The Morgan fingerprint density at radius 3 is 2.49 bits per heavy atom. The summed E-state index contributed by atoms with van der Waals surface area (Å²) in [6.07, 6.45) is 7.20. The number of nitrogens with zero attached hydrogens (tertiary/aromatic N) is 4. The van der Waals surface area contributed by atoms with E-state index in [4.69, 9.17) is 4.74 Å². The summed E-state index contributed by atoms with van der Waals surface area (Å²) >= 11 is 0. The van der Waals surface area contributed by atoms with Gasteiger partial charge in [-0.3, -0.25) is 14.5 Å². The quantitative estimate of drug-likeness (QED) is 0.323. The third kappa shape index (κ3) is 4.81. The first kappa shape index (κ1) is 27.2. The first-order chi connectivity index (χ1) is 19.7. The number of nitrogens with one attached hydrogen (secondary N) is 1. The second-order valence-electron chi connectivity index (χ2n) is 11.1. The summed E-state index contributed by atoms with van der Waals surface area (Å²) in [5.41, 5.74) is 4.04. The smallest absolute Gasteiger partial charge is 0.262 e. The lowest BCUT2D eigenvalue weighted by atomic mass is 9.78. The fourth-order valence-electron chi connectivity index (χ4n) is 6.03. The topological polar surface area (TPSA) is 105 Å². The van der Waals surface area contributed by atoms with Crippen molar-refractivity contribution >= 4 is 38.2 Å². The maximum Gasteiger partial charge on any atom is 0.262 e. The van der Waals surface area contributed by atoms with E-state index in [1.54, 1.807) is 53.7 Å². The number of carbonyl (C=O) groups excluding carboxylic acids is 1. The second kappa shape index (κ2) is 10.4.